The number of nitrogens with zero attached hydrogens (tertiary/aromatic N) is 2. The number of benzene rings is 3. The van der Waals surface area contributed by atoms with Crippen molar-refractivity contribution >= 4 is 39.3 Å². The highest BCUT2D eigenvalue weighted by molar-refractivity contribution is 9.10. The molecule has 0 aromatic heterocycles. The second kappa shape index (κ2) is 9.57. The monoisotopic (exact) mass is 449 g/mol. The van der Waals surface area contributed by atoms with Gasteiger partial charge in [-0.3, -0.25) is 14.9 Å². The lowest BCUT2D eigenvalue weighted by Gasteiger charge is -2.05. The van der Waals surface area contributed by atoms with E-state index in [-0.39, 0.29) is 11.6 Å². The van der Waals surface area contributed by atoms with Crippen LogP contribution in [0.5, 0.6) is 0 Å². The zero-order chi connectivity index (χ0) is 20.6. The largest absolute Gasteiger partial charge is 0.276 e. The molecule has 6 nitrogen and oxygen atoms in total. The van der Waals surface area contributed by atoms with E-state index in [0.29, 0.717) is 16.8 Å². The molecule has 3 rings (SSSR count). The van der Waals surface area contributed by atoms with Crippen LogP contribution in [0.15, 0.2) is 94.5 Å². The third-order valence-corrected chi connectivity index (χ3v) is 4.54. The van der Waals surface area contributed by atoms with E-state index < -0.39 is 4.92 Å². The quantitative estimate of drug-likeness (QED) is 0.318. The number of carbonyl (C=O) groups excluding carboxylic acids is 1. The number of nitro groups is 1. The summed E-state index contributed by atoms with van der Waals surface area (Å²) < 4.78 is 0.870. The molecule has 0 atom stereocenters. The topological polar surface area (TPSA) is 84.6 Å². The lowest BCUT2D eigenvalue weighted by atomic mass is 10.1. The van der Waals surface area contributed by atoms with Gasteiger partial charge in [-0.25, -0.2) is 5.43 Å². The molecule has 0 spiro atoms. The molecule has 0 heterocycles. The molecule has 0 aliphatic heterocycles. The van der Waals surface area contributed by atoms with Crippen LogP contribution < -0.4 is 5.43 Å². The van der Waals surface area contributed by atoms with E-state index in [9.17, 15) is 14.9 Å². The lowest BCUT2D eigenvalue weighted by molar-refractivity contribution is -0.385. The van der Waals surface area contributed by atoms with Gasteiger partial charge < -0.3 is 0 Å². The number of hydrazone groups is 1. The van der Waals surface area contributed by atoms with E-state index in [4.69, 9.17) is 0 Å². The second-order valence-electron chi connectivity index (χ2n) is 5.96. The number of rotatable bonds is 6. The number of amides is 1. The van der Waals surface area contributed by atoms with Crippen molar-refractivity contribution in [1.29, 1.82) is 0 Å². The second-order valence-corrected chi connectivity index (χ2v) is 6.88. The van der Waals surface area contributed by atoms with E-state index in [0.717, 1.165) is 10.0 Å². The third kappa shape index (κ3) is 5.46. The summed E-state index contributed by atoms with van der Waals surface area (Å²) in [5.74, 6) is -0.356. The van der Waals surface area contributed by atoms with Crippen LogP contribution in [0.4, 0.5) is 5.69 Å². The summed E-state index contributed by atoms with van der Waals surface area (Å²) in [6, 6.07) is 22.6. The van der Waals surface area contributed by atoms with E-state index in [1.54, 1.807) is 54.6 Å². The number of nitro benzene ring substituents is 1. The maximum Gasteiger partial charge on any atom is 0.276 e. The molecule has 0 saturated carbocycles. The number of nitrogens with one attached hydrogen (secondary N) is 1. The Bertz CT molecular complexity index is 1080. The molecule has 0 radical (unpaired) electrons. The number of para-hydroxylation sites is 1. The van der Waals surface area contributed by atoms with Gasteiger partial charge in [-0.2, -0.15) is 5.10 Å². The van der Waals surface area contributed by atoms with Gasteiger partial charge in [0.05, 0.1) is 16.2 Å². The number of hydrogen-bond acceptors (Lipinski definition) is 4. The first-order chi connectivity index (χ1) is 14.0. The molecule has 144 valence electrons. The summed E-state index contributed by atoms with van der Waals surface area (Å²) in [5.41, 5.74) is 4.67. The fourth-order valence-electron chi connectivity index (χ4n) is 2.55. The highest BCUT2D eigenvalue weighted by atomic mass is 79.9. The molecule has 0 bridgehead atoms. The highest BCUT2D eigenvalue weighted by Gasteiger charge is 2.10. The zero-order valence-corrected chi connectivity index (χ0v) is 16.7. The molecule has 1 N–H and O–H groups in total. The van der Waals surface area contributed by atoms with Gasteiger partial charge in [-0.05, 0) is 42.5 Å². The Labute approximate surface area is 175 Å². The lowest BCUT2D eigenvalue weighted by Crippen LogP contribution is -2.19. The smallest absolute Gasteiger partial charge is 0.267 e. The van der Waals surface area contributed by atoms with Crippen LogP contribution in [-0.4, -0.2) is 16.5 Å². The minimum Gasteiger partial charge on any atom is -0.267 e. The van der Waals surface area contributed by atoms with Crippen molar-refractivity contribution in [3.8, 4) is 0 Å². The molecule has 0 aliphatic carbocycles. The minimum absolute atomic E-state index is 0.00457. The van der Waals surface area contributed by atoms with Crippen LogP contribution in [-0.2, 0) is 0 Å². The van der Waals surface area contributed by atoms with E-state index in [1.165, 1.54) is 6.07 Å². The van der Waals surface area contributed by atoms with Crippen molar-refractivity contribution in [2.75, 3.05) is 0 Å². The first-order valence-corrected chi connectivity index (χ1v) is 9.44. The Hall–Kier alpha value is -3.58. The van der Waals surface area contributed by atoms with Crippen molar-refractivity contribution in [3.05, 3.63) is 116 Å². The average Bonchev–Trinajstić information content (AvgIpc) is 2.75. The van der Waals surface area contributed by atoms with Gasteiger partial charge in [-0.1, -0.05) is 58.4 Å². The molecule has 0 fully saturated rings. The maximum absolute atomic E-state index is 12.4. The normalized spacial score (nSPS) is 11.4. The van der Waals surface area contributed by atoms with Gasteiger partial charge in [0, 0.05) is 21.7 Å². The SMILES string of the molecule is O=C(N/N=C(/C=C/c1ccccc1[N+](=O)[O-])c1ccccc1)c1ccc(Br)cc1. The predicted octanol–water partition coefficient (Wildman–Crippen LogP) is 5.20. The fourth-order valence-corrected chi connectivity index (χ4v) is 2.81. The zero-order valence-electron chi connectivity index (χ0n) is 15.2. The predicted molar refractivity (Wildman–Crippen MR) is 117 cm³/mol. The van der Waals surface area contributed by atoms with Gasteiger partial charge >= 0.3 is 0 Å². The molecular formula is C22H16BrN3O3. The Balaban J connectivity index is 1.89. The molecule has 7 heteroatoms. The van der Waals surface area contributed by atoms with Crippen LogP contribution in [0.3, 0.4) is 0 Å². The first-order valence-electron chi connectivity index (χ1n) is 8.65. The number of hydrogen-bond donors (Lipinski definition) is 1. The van der Waals surface area contributed by atoms with Crippen molar-refractivity contribution < 1.29 is 9.72 Å². The van der Waals surface area contributed by atoms with E-state index >= 15 is 0 Å². The van der Waals surface area contributed by atoms with Crippen LogP contribution in [0.2, 0.25) is 0 Å². The van der Waals surface area contributed by atoms with Gasteiger partial charge in [-0.15, -0.1) is 0 Å². The minimum atomic E-state index is -0.436. The number of halogens is 1. The van der Waals surface area contributed by atoms with Crippen LogP contribution in [0.25, 0.3) is 6.08 Å². The highest BCUT2D eigenvalue weighted by Crippen LogP contribution is 2.19. The maximum atomic E-state index is 12.4. The Morgan fingerprint density at radius 1 is 0.931 bits per heavy atom. The summed E-state index contributed by atoms with van der Waals surface area (Å²) in [4.78, 5) is 23.1. The Morgan fingerprint density at radius 3 is 2.28 bits per heavy atom. The van der Waals surface area contributed by atoms with Crippen LogP contribution in [0, 0.1) is 10.1 Å². The Morgan fingerprint density at radius 2 is 1.59 bits per heavy atom. The van der Waals surface area contributed by atoms with Gasteiger partial charge in [0.2, 0.25) is 0 Å². The van der Waals surface area contributed by atoms with Gasteiger partial charge in [0.15, 0.2) is 0 Å². The summed E-state index contributed by atoms with van der Waals surface area (Å²) >= 11 is 3.33. The molecule has 1 amide bonds. The average molecular weight is 450 g/mol. The van der Waals surface area contributed by atoms with E-state index in [1.807, 2.05) is 30.3 Å². The molecule has 3 aromatic carbocycles. The van der Waals surface area contributed by atoms with Gasteiger partial charge in [0.1, 0.15) is 0 Å². The standard InChI is InChI=1S/C22H16BrN3O3/c23-19-13-10-18(11-14-19)22(27)25-24-20(16-6-2-1-3-7-16)15-12-17-8-4-5-9-21(17)26(28)29/h1-15H,(H,25,27)/b15-12+,24-20-. The van der Waals surface area contributed by atoms with Crippen molar-refractivity contribution in [1.82, 2.24) is 5.43 Å². The van der Waals surface area contributed by atoms with E-state index in [2.05, 4.69) is 26.5 Å². The molecule has 3 aromatic rings. The molecule has 0 saturated heterocycles. The summed E-state index contributed by atoms with van der Waals surface area (Å²) in [6.07, 6.45) is 3.25. The Kier molecular flexibility index (Phi) is 6.65. The van der Waals surface area contributed by atoms with Crippen molar-refractivity contribution in [2.24, 2.45) is 5.10 Å². The summed E-state index contributed by atoms with van der Waals surface area (Å²) in [5, 5.41) is 15.4. The number of allylic oxidation sites excluding steroid dienone is 1. The summed E-state index contributed by atoms with van der Waals surface area (Å²) in [6.45, 7) is 0. The first kappa shape index (κ1) is 20.2. The fraction of sp³-hybridized carbons (Fsp3) is 0. The van der Waals surface area contributed by atoms with Crippen molar-refractivity contribution in [3.63, 3.8) is 0 Å². The van der Waals surface area contributed by atoms with Crippen LogP contribution in [0.1, 0.15) is 21.5 Å². The molecule has 29 heavy (non-hydrogen) atoms. The van der Waals surface area contributed by atoms with Crippen LogP contribution >= 0.6 is 15.9 Å². The van der Waals surface area contributed by atoms with Crippen molar-refractivity contribution in [2.45, 2.75) is 0 Å². The summed E-state index contributed by atoms with van der Waals surface area (Å²) in [7, 11) is 0. The number of carbonyl (C=O) groups is 1. The van der Waals surface area contributed by atoms with Gasteiger partial charge in [0.25, 0.3) is 11.6 Å². The molecular weight excluding hydrogens is 434 g/mol. The third-order valence-electron chi connectivity index (χ3n) is 4.01. The molecule has 0 aliphatic rings. The molecule has 0 unspecified atom stereocenters.